The van der Waals surface area contributed by atoms with E-state index in [2.05, 4.69) is 38.2 Å². The van der Waals surface area contributed by atoms with Crippen molar-refractivity contribution in [2.75, 3.05) is 19.8 Å². The standard InChI is InChI=1S/C32H39NO4/c1-6-11-15-24(10-5)23-33-27-21-26(35-18-7-2)22-28(36-19-8-3)29(27)31(34)32(37-20-9-4)30(33)25-16-13-12-14-17-25/h7-9,12-14,16-17,21-22,24H,2-4,6,10-11,15,18-20,23H2,1,5H3. The fraction of sp³-hybridized carbons (Fsp3) is 0.344. The maximum Gasteiger partial charge on any atom is 0.235 e. The second-order valence-electron chi connectivity index (χ2n) is 9.01. The largest absolute Gasteiger partial charge is 0.489 e. The third kappa shape index (κ3) is 6.73. The molecule has 0 N–H and O–H groups in total. The topological polar surface area (TPSA) is 49.7 Å². The Labute approximate surface area is 220 Å². The van der Waals surface area contributed by atoms with Crippen LogP contribution in [-0.4, -0.2) is 24.4 Å². The molecule has 196 valence electrons. The molecule has 5 nitrogen and oxygen atoms in total. The Morgan fingerprint density at radius 1 is 0.919 bits per heavy atom. The lowest BCUT2D eigenvalue weighted by Crippen LogP contribution is -2.21. The van der Waals surface area contributed by atoms with Crippen molar-refractivity contribution in [1.82, 2.24) is 4.57 Å². The number of benzene rings is 2. The van der Waals surface area contributed by atoms with Gasteiger partial charge in [0, 0.05) is 24.2 Å². The number of aromatic nitrogens is 1. The van der Waals surface area contributed by atoms with Gasteiger partial charge in [0.15, 0.2) is 5.75 Å². The summed E-state index contributed by atoms with van der Waals surface area (Å²) in [6.07, 6.45) is 9.42. The molecule has 3 aromatic rings. The lowest BCUT2D eigenvalue weighted by atomic mass is 9.97. The fourth-order valence-electron chi connectivity index (χ4n) is 4.51. The van der Waals surface area contributed by atoms with Gasteiger partial charge in [-0.1, -0.05) is 101 Å². The van der Waals surface area contributed by atoms with Crippen molar-refractivity contribution in [2.45, 2.75) is 46.1 Å². The number of nitrogens with zero attached hydrogens (tertiary/aromatic N) is 1. The Hall–Kier alpha value is -3.73. The molecule has 0 amide bonds. The van der Waals surface area contributed by atoms with Crippen LogP contribution in [0.1, 0.15) is 39.5 Å². The SMILES string of the molecule is C=CCOc1cc(OCC=C)c2c(=O)c(OCC=C)c(-c3ccccc3)n(CC(CC)CCCC)c2c1. The molecular weight excluding hydrogens is 462 g/mol. The van der Waals surface area contributed by atoms with Crippen LogP contribution in [0.25, 0.3) is 22.2 Å². The van der Waals surface area contributed by atoms with E-state index < -0.39 is 0 Å². The first-order valence-corrected chi connectivity index (χ1v) is 13.1. The summed E-state index contributed by atoms with van der Waals surface area (Å²) in [4.78, 5) is 14.1. The summed E-state index contributed by atoms with van der Waals surface area (Å²) in [7, 11) is 0. The third-order valence-corrected chi connectivity index (χ3v) is 6.37. The van der Waals surface area contributed by atoms with Crippen LogP contribution in [0, 0.1) is 5.92 Å². The van der Waals surface area contributed by atoms with E-state index in [0.717, 1.165) is 49.0 Å². The Morgan fingerprint density at radius 2 is 1.59 bits per heavy atom. The Kier molecular flexibility index (Phi) is 10.6. The van der Waals surface area contributed by atoms with Crippen LogP contribution >= 0.6 is 0 Å². The van der Waals surface area contributed by atoms with Gasteiger partial charge in [-0.3, -0.25) is 4.79 Å². The molecule has 3 rings (SSSR count). The van der Waals surface area contributed by atoms with Gasteiger partial charge in [0.2, 0.25) is 5.43 Å². The second kappa shape index (κ2) is 14.1. The molecule has 0 saturated carbocycles. The number of rotatable bonds is 16. The molecule has 2 aromatic carbocycles. The van der Waals surface area contributed by atoms with Crippen LogP contribution in [0.15, 0.2) is 85.2 Å². The second-order valence-corrected chi connectivity index (χ2v) is 9.01. The Bertz CT molecular complexity index is 1260. The number of hydrogen-bond acceptors (Lipinski definition) is 4. The lowest BCUT2D eigenvalue weighted by molar-refractivity contribution is 0.343. The molecule has 0 aliphatic rings. The van der Waals surface area contributed by atoms with Crippen LogP contribution in [0.4, 0.5) is 0 Å². The van der Waals surface area contributed by atoms with Crippen molar-refractivity contribution in [2.24, 2.45) is 5.92 Å². The van der Waals surface area contributed by atoms with Crippen molar-refractivity contribution >= 4 is 10.9 Å². The van der Waals surface area contributed by atoms with Gasteiger partial charge in [-0.2, -0.15) is 0 Å². The summed E-state index contributed by atoms with van der Waals surface area (Å²) >= 11 is 0. The van der Waals surface area contributed by atoms with E-state index >= 15 is 0 Å². The molecule has 0 bridgehead atoms. The van der Waals surface area contributed by atoms with Crippen LogP contribution < -0.4 is 19.6 Å². The minimum absolute atomic E-state index is 0.219. The Morgan fingerprint density at radius 3 is 2.24 bits per heavy atom. The minimum Gasteiger partial charge on any atom is -0.489 e. The van der Waals surface area contributed by atoms with Crippen LogP contribution in [0.5, 0.6) is 17.2 Å². The molecule has 0 aliphatic heterocycles. The van der Waals surface area contributed by atoms with E-state index in [-0.39, 0.29) is 18.6 Å². The molecular formula is C32H39NO4. The zero-order valence-corrected chi connectivity index (χ0v) is 22.2. The average molecular weight is 502 g/mol. The summed E-state index contributed by atoms with van der Waals surface area (Å²) in [5.74, 6) is 1.78. The van der Waals surface area contributed by atoms with Crippen molar-refractivity contribution in [1.29, 1.82) is 0 Å². The average Bonchev–Trinajstić information content (AvgIpc) is 2.93. The monoisotopic (exact) mass is 501 g/mol. The van der Waals surface area contributed by atoms with Crippen molar-refractivity contribution in [3.8, 4) is 28.5 Å². The third-order valence-electron chi connectivity index (χ3n) is 6.37. The van der Waals surface area contributed by atoms with Gasteiger partial charge in [-0.05, 0) is 12.3 Å². The molecule has 0 radical (unpaired) electrons. The quantitative estimate of drug-likeness (QED) is 0.190. The molecule has 1 aromatic heterocycles. The summed E-state index contributed by atoms with van der Waals surface area (Å²) in [5.41, 5.74) is 2.20. The van der Waals surface area contributed by atoms with Gasteiger partial charge in [-0.25, -0.2) is 0 Å². The molecule has 0 spiro atoms. The molecule has 0 saturated heterocycles. The van der Waals surface area contributed by atoms with Crippen LogP contribution in [-0.2, 0) is 6.54 Å². The van der Waals surface area contributed by atoms with Crippen LogP contribution in [0.2, 0.25) is 0 Å². The summed E-state index contributed by atoms with van der Waals surface area (Å²) in [6, 6.07) is 13.6. The maximum atomic E-state index is 14.1. The predicted molar refractivity (Wildman–Crippen MR) is 154 cm³/mol. The van der Waals surface area contributed by atoms with E-state index in [1.54, 1.807) is 24.3 Å². The highest BCUT2D eigenvalue weighted by atomic mass is 16.5. The normalized spacial score (nSPS) is 11.6. The summed E-state index contributed by atoms with van der Waals surface area (Å²) in [6.45, 7) is 17.3. The minimum atomic E-state index is -0.220. The number of hydrogen-bond donors (Lipinski definition) is 0. The Balaban J connectivity index is 2.44. The zero-order valence-electron chi connectivity index (χ0n) is 22.2. The van der Waals surface area contributed by atoms with Gasteiger partial charge in [0.25, 0.3) is 0 Å². The van der Waals surface area contributed by atoms with Gasteiger partial charge >= 0.3 is 0 Å². The van der Waals surface area contributed by atoms with Crippen molar-refractivity contribution in [3.63, 3.8) is 0 Å². The number of ether oxygens (including phenoxy) is 3. The number of pyridine rings is 1. The van der Waals surface area contributed by atoms with E-state index in [4.69, 9.17) is 14.2 Å². The van der Waals surface area contributed by atoms with Gasteiger partial charge in [0.1, 0.15) is 31.3 Å². The van der Waals surface area contributed by atoms with Gasteiger partial charge < -0.3 is 18.8 Å². The first-order valence-electron chi connectivity index (χ1n) is 13.1. The maximum absolute atomic E-state index is 14.1. The molecule has 1 heterocycles. The fourth-order valence-corrected chi connectivity index (χ4v) is 4.51. The van der Waals surface area contributed by atoms with E-state index in [1.807, 2.05) is 36.4 Å². The van der Waals surface area contributed by atoms with E-state index in [0.29, 0.717) is 35.2 Å². The van der Waals surface area contributed by atoms with Crippen molar-refractivity contribution < 1.29 is 14.2 Å². The molecule has 0 aliphatic carbocycles. The van der Waals surface area contributed by atoms with Crippen molar-refractivity contribution in [3.05, 3.63) is 90.7 Å². The molecule has 37 heavy (non-hydrogen) atoms. The predicted octanol–water partition coefficient (Wildman–Crippen LogP) is 7.58. The number of fused-ring (bicyclic) bond motifs is 1. The smallest absolute Gasteiger partial charge is 0.235 e. The highest BCUT2D eigenvalue weighted by Gasteiger charge is 2.24. The van der Waals surface area contributed by atoms with Gasteiger partial charge in [-0.15, -0.1) is 0 Å². The first-order chi connectivity index (χ1) is 18.1. The van der Waals surface area contributed by atoms with E-state index in [9.17, 15) is 4.79 Å². The number of unbranched alkanes of at least 4 members (excludes halogenated alkanes) is 1. The van der Waals surface area contributed by atoms with E-state index in [1.165, 1.54) is 0 Å². The highest BCUT2D eigenvalue weighted by molar-refractivity contribution is 5.92. The molecule has 1 atom stereocenters. The summed E-state index contributed by atoms with van der Waals surface area (Å²) < 4.78 is 20.3. The molecule has 0 fully saturated rings. The summed E-state index contributed by atoms with van der Waals surface area (Å²) in [5, 5.41) is 0.469. The van der Waals surface area contributed by atoms with Crippen LogP contribution in [0.3, 0.4) is 0 Å². The zero-order chi connectivity index (χ0) is 26.6. The lowest BCUT2D eigenvalue weighted by Gasteiger charge is -2.25. The van der Waals surface area contributed by atoms with Gasteiger partial charge in [0.05, 0.1) is 16.6 Å². The molecule has 5 heteroatoms. The highest BCUT2D eigenvalue weighted by Crippen LogP contribution is 2.38. The first kappa shape index (κ1) is 27.9. The molecule has 1 unspecified atom stereocenters.